The molecule has 26 heavy (non-hydrogen) atoms. The third-order valence-corrected chi connectivity index (χ3v) is 7.05. The number of pyridine rings is 1. The number of anilines is 1. The summed E-state index contributed by atoms with van der Waals surface area (Å²) in [4.78, 5) is 0.878. The molecular formula is C18H16N4O2S2. The van der Waals surface area contributed by atoms with Gasteiger partial charge in [0.05, 0.1) is 5.52 Å². The van der Waals surface area contributed by atoms with Crippen LogP contribution in [0.1, 0.15) is 5.56 Å². The first kappa shape index (κ1) is 16.8. The molecule has 3 heterocycles. The Morgan fingerprint density at radius 1 is 1.08 bits per heavy atom. The Morgan fingerprint density at radius 3 is 2.69 bits per heavy atom. The number of thiophene rings is 1. The molecule has 4 rings (SSSR count). The van der Waals surface area contributed by atoms with Crippen LogP contribution in [0.15, 0.2) is 71.2 Å². The molecule has 8 heteroatoms. The van der Waals surface area contributed by atoms with E-state index in [9.17, 15) is 8.42 Å². The van der Waals surface area contributed by atoms with E-state index in [1.807, 2.05) is 42.6 Å². The zero-order valence-corrected chi connectivity index (χ0v) is 15.3. The van der Waals surface area contributed by atoms with Crippen molar-refractivity contribution >= 4 is 32.6 Å². The summed E-state index contributed by atoms with van der Waals surface area (Å²) in [7, 11) is -3.59. The minimum atomic E-state index is -3.59. The fourth-order valence-electron chi connectivity index (χ4n) is 2.67. The van der Waals surface area contributed by atoms with Crippen LogP contribution < -0.4 is 10.5 Å². The average Bonchev–Trinajstić information content (AvgIpc) is 3.30. The highest BCUT2D eigenvalue weighted by Gasteiger charge is 2.17. The number of rotatable bonds is 5. The summed E-state index contributed by atoms with van der Waals surface area (Å²) < 4.78 is 29.9. The molecule has 0 atom stereocenters. The van der Waals surface area contributed by atoms with Gasteiger partial charge in [-0.15, -0.1) is 11.3 Å². The predicted molar refractivity (Wildman–Crippen MR) is 103 cm³/mol. The number of nitrogens with two attached hydrogens (primary N) is 1. The highest BCUT2D eigenvalue weighted by Crippen LogP contribution is 2.31. The van der Waals surface area contributed by atoms with Gasteiger partial charge < -0.3 is 5.73 Å². The Balaban J connectivity index is 1.55. The van der Waals surface area contributed by atoms with Gasteiger partial charge in [-0.1, -0.05) is 18.2 Å². The fourth-order valence-corrected chi connectivity index (χ4v) is 5.04. The van der Waals surface area contributed by atoms with E-state index in [1.165, 1.54) is 11.3 Å². The number of nitrogens with one attached hydrogen (secondary N) is 1. The van der Waals surface area contributed by atoms with Gasteiger partial charge in [-0.2, -0.15) is 5.10 Å². The van der Waals surface area contributed by atoms with Crippen LogP contribution in [0.4, 0.5) is 5.69 Å². The van der Waals surface area contributed by atoms with E-state index in [4.69, 9.17) is 5.73 Å². The maximum atomic E-state index is 12.6. The Labute approximate surface area is 155 Å². The van der Waals surface area contributed by atoms with Crippen LogP contribution in [0.5, 0.6) is 0 Å². The number of aromatic nitrogens is 2. The number of sulfonamides is 1. The molecule has 3 N–H and O–H groups in total. The van der Waals surface area contributed by atoms with Gasteiger partial charge in [-0.05, 0) is 47.5 Å². The van der Waals surface area contributed by atoms with Crippen molar-refractivity contribution in [3.63, 3.8) is 0 Å². The molecule has 0 radical (unpaired) electrons. The van der Waals surface area contributed by atoms with Crippen LogP contribution in [0, 0.1) is 0 Å². The minimum Gasteiger partial charge on any atom is -0.399 e. The first-order valence-corrected chi connectivity index (χ1v) is 10.2. The number of hydrogen-bond donors (Lipinski definition) is 2. The van der Waals surface area contributed by atoms with Crippen LogP contribution in [0.25, 0.3) is 16.0 Å². The summed E-state index contributed by atoms with van der Waals surface area (Å²) >= 11 is 1.23. The van der Waals surface area contributed by atoms with E-state index in [2.05, 4.69) is 9.82 Å². The number of nitrogens with zero attached hydrogens (tertiary/aromatic N) is 2. The molecule has 0 bridgehead atoms. The van der Waals surface area contributed by atoms with E-state index in [-0.39, 0.29) is 10.8 Å². The molecule has 0 aliphatic rings. The molecule has 0 aliphatic heterocycles. The van der Waals surface area contributed by atoms with E-state index >= 15 is 0 Å². The summed E-state index contributed by atoms with van der Waals surface area (Å²) in [5, 5.41) is 4.16. The zero-order chi connectivity index (χ0) is 18.1. The quantitative estimate of drug-likeness (QED) is 0.517. The van der Waals surface area contributed by atoms with E-state index in [0.29, 0.717) is 5.69 Å². The molecule has 6 nitrogen and oxygen atoms in total. The molecule has 0 saturated carbocycles. The summed E-state index contributed by atoms with van der Waals surface area (Å²) in [6, 6.07) is 16.4. The topological polar surface area (TPSA) is 89.5 Å². The van der Waals surface area contributed by atoms with Gasteiger partial charge in [0.25, 0.3) is 0 Å². The lowest BCUT2D eigenvalue weighted by atomic mass is 10.2. The number of fused-ring (bicyclic) bond motifs is 1. The second-order valence-corrected chi connectivity index (χ2v) is 8.84. The van der Waals surface area contributed by atoms with Crippen molar-refractivity contribution in [2.24, 2.45) is 0 Å². The molecule has 0 unspecified atom stereocenters. The van der Waals surface area contributed by atoms with Gasteiger partial charge in [0.2, 0.25) is 10.0 Å². The van der Waals surface area contributed by atoms with Crippen molar-refractivity contribution in [2.45, 2.75) is 10.8 Å². The van der Waals surface area contributed by atoms with Gasteiger partial charge in [0.15, 0.2) is 0 Å². The number of benzene rings is 1. The highest BCUT2D eigenvalue weighted by atomic mass is 32.2. The van der Waals surface area contributed by atoms with Gasteiger partial charge >= 0.3 is 0 Å². The molecule has 0 aliphatic carbocycles. The molecule has 3 aromatic heterocycles. The van der Waals surface area contributed by atoms with Crippen LogP contribution in [0.3, 0.4) is 0 Å². The maximum Gasteiger partial charge on any atom is 0.250 e. The molecule has 0 amide bonds. The molecule has 1 aromatic carbocycles. The monoisotopic (exact) mass is 384 g/mol. The lowest BCUT2D eigenvalue weighted by Gasteiger charge is -2.06. The van der Waals surface area contributed by atoms with Crippen LogP contribution >= 0.6 is 11.3 Å². The van der Waals surface area contributed by atoms with Crippen molar-refractivity contribution in [1.29, 1.82) is 0 Å². The fraction of sp³-hybridized carbons (Fsp3) is 0.0556. The smallest absolute Gasteiger partial charge is 0.250 e. The third-order valence-electron chi connectivity index (χ3n) is 4.02. The van der Waals surface area contributed by atoms with Gasteiger partial charge in [0.1, 0.15) is 4.21 Å². The molecule has 0 saturated heterocycles. The summed E-state index contributed by atoms with van der Waals surface area (Å²) in [5.74, 6) is 0. The highest BCUT2D eigenvalue weighted by molar-refractivity contribution is 7.91. The zero-order valence-electron chi connectivity index (χ0n) is 13.7. The lowest BCUT2D eigenvalue weighted by molar-refractivity contribution is 0.583. The Hall–Kier alpha value is -2.68. The maximum absolute atomic E-state index is 12.6. The van der Waals surface area contributed by atoms with Crippen molar-refractivity contribution in [3.05, 3.63) is 72.6 Å². The average molecular weight is 384 g/mol. The first-order chi connectivity index (χ1) is 12.5. The standard InChI is InChI=1S/C18H16N4O2S2/c19-15-5-3-13(4-6-15)17-7-8-18(25-17)26(23,24)21-12-14-2-1-11-22-16(14)9-10-20-22/h1-11,21H,12,19H2. The van der Waals surface area contributed by atoms with E-state index in [1.54, 1.807) is 28.9 Å². The summed E-state index contributed by atoms with van der Waals surface area (Å²) in [6.07, 6.45) is 3.51. The van der Waals surface area contributed by atoms with Crippen molar-refractivity contribution < 1.29 is 8.42 Å². The largest absolute Gasteiger partial charge is 0.399 e. The van der Waals surface area contributed by atoms with Gasteiger partial charge in [-0.25, -0.2) is 17.7 Å². The normalized spacial score (nSPS) is 11.8. The van der Waals surface area contributed by atoms with Crippen molar-refractivity contribution in [2.75, 3.05) is 5.73 Å². The Kier molecular flexibility index (Phi) is 4.23. The lowest BCUT2D eigenvalue weighted by Crippen LogP contribution is -2.22. The van der Waals surface area contributed by atoms with Crippen LogP contribution in [-0.2, 0) is 16.6 Å². The second-order valence-electron chi connectivity index (χ2n) is 5.76. The third kappa shape index (κ3) is 3.22. The molecular weight excluding hydrogens is 368 g/mol. The SMILES string of the molecule is Nc1ccc(-c2ccc(S(=O)(=O)NCc3cccn4nccc34)s2)cc1. The minimum absolute atomic E-state index is 0.202. The number of hydrogen-bond acceptors (Lipinski definition) is 5. The molecule has 0 fully saturated rings. The molecule has 4 aromatic rings. The van der Waals surface area contributed by atoms with Crippen LogP contribution in [0.2, 0.25) is 0 Å². The van der Waals surface area contributed by atoms with Gasteiger partial charge in [0, 0.05) is 29.5 Å². The van der Waals surface area contributed by atoms with E-state index < -0.39 is 10.0 Å². The van der Waals surface area contributed by atoms with Crippen LogP contribution in [-0.4, -0.2) is 18.0 Å². The summed E-state index contributed by atoms with van der Waals surface area (Å²) in [5.41, 5.74) is 9.05. The molecule has 0 spiro atoms. The van der Waals surface area contributed by atoms with E-state index in [0.717, 1.165) is 21.5 Å². The Morgan fingerprint density at radius 2 is 1.88 bits per heavy atom. The predicted octanol–water partition coefficient (Wildman–Crippen LogP) is 3.12. The molecule has 132 valence electrons. The number of nitrogen functional groups attached to an aromatic ring is 1. The first-order valence-electron chi connectivity index (χ1n) is 7.90. The second kappa shape index (κ2) is 6.56. The van der Waals surface area contributed by atoms with Gasteiger partial charge in [-0.3, -0.25) is 0 Å². The summed E-state index contributed by atoms with van der Waals surface area (Å²) in [6.45, 7) is 0.202. The Bertz CT molecular complexity index is 1160. The van der Waals surface area contributed by atoms with Crippen molar-refractivity contribution in [1.82, 2.24) is 14.3 Å². The van der Waals surface area contributed by atoms with Crippen molar-refractivity contribution in [3.8, 4) is 10.4 Å².